The first-order chi connectivity index (χ1) is 9.40. The first-order valence-corrected chi connectivity index (χ1v) is 7.77. The number of benzene rings is 1. The summed E-state index contributed by atoms with van der Waals surface area (Å²) in [5.41, 5.74) is 3.29. The maximum absolute atomic E-state index is 12.7. The molecule has 0 heterocycles. The van der Waals surface area contributed by atoms with Gasteiger partial charge in [0.1, 0.15) is 0 Å². The first-order valence-electron chi connectivity index (χ1n) is 7.77. The second-order valence-electron chi connectivity index (χ2n) is 6.57. The van der Waals surface area contributed by atoms with Crippen LogP contribution < -0.4 is 0 Å². The van der Waals surface area contributed by atoms with Gasteiger partial charge < -0.3 is 0 Å². The van der Waals surface area contributed by atoms with Crippen molar-refractivity contribution in [1.82, 2.24) is 4.90 Å². The van der Waals surface area contributed by atoms with E-state index in [0.29, 0.717) is 6.04 Å². The van der Waals surface area contributed by atoms with Gasteiger partial charge in [0.15, 0.2) is 5.78 Å². The van der Waals surface area contributed by atoms with Gasteiger partial charge in [-0.2, -0.15) is 0 Å². The van der Waals surface area contributed by atoms with Crippen LogP contribution in [0.4, 0.5) is 0 Å². The summed E-state index contributed by atoms with van der Waals surface area (Å²) >= 11 is 0. The summed E-state index contributed by atoms with van der Waals surface area (Å²) in [5, 5.41) is 0. The minimum Gasteiger partial charge on any atom is -0.292 e. The quantitative estimate of drug-likeness (QED) is 0.730. The van der Waals surface area contributed by atoms with E-state index in [2.05, 4.69) is 45.6 Å². The Morgan fingerprint density at radius 2 is 1.85 bits per heavy atom. The molecule has 1 aliphatic carbocycles. The predicted octanol–water partition coefficient (Wildman–Crippen LogP) is 4.00. The number of carbonyl (C=O) groups is 1. The zero-order valence-electron chi connectivity index (χ0n) is 13.4. The summed E-state index contributed by atoms with van der Waals surface area (Å²) in [4.78, 5) is 15.1. The van der Waals surface area contributed by atoms with Crippen LogP contribution in [0.15, 0.2) is 18.2 Å². The molecule has 1 aromatic carbocycles. The van der Waals surface area contributed by atoms with Crippen LogP contribution in [0, 0.1) is 19.8 Å². The fourth-order valence-corrected chi connectivity index (χ4v) is 2.70. The maximum Gasteiger partial charge on any atom is 0.179 e. The second kappa shape index (κ2) is 6.09. The number of Topliss-reactive ketones (excluding diaryl/α,β-unsaturated/α-hetero) is 1. The monoisotopic (exact) mass is 273 g/mol. The van der Waals surface area contributed by atoms with E-state index in [0.717, 1.165) is 18.0 Å². The number of nitrogens with zero attached hydrogens (tertiary/aromatic N) is 1. The molecule has 0 amide bonds. The molecule has 0 radical (unpaired) electrons. The van der Waals surface area contributed by atoms with E-state index in [4.69, 9.17) is 0 Å². The van der Waals surface area contributed by atoms with Gasteiger partial charge in [0.2, 0.25) is 0 Å². The van der Waals surface area contributed by atoms with E-state index in [9.17, 15) is 4.79 Å². The van der Waals surface area contributed by atoms with E-state index in [1.54, 1.807) is 0 Å². The van der Waals surface area contributed by atoms with E-state index < -0.39 is 0 Å². The number of ketones is 1. The Balaban J connectivity index is 2.14. The van der Waals surface area contributed by atoms with Gasteiger partial charge in [-0.3, -0.25) is 9.69 Å². The van der Waals surface area contributed by atoms with Crippen LogP contribution >= 0.6 is 0 Å². The molecule has 0 spiro atoms. The van der Waals surface area contributed by atoms with Crippen molar-refractivity contribution in [2.75, 3.05) is 6.54 Å². The van der Waals surface area contributed by atoms with E-state index >= 15 is 0 Å². The van der Waals surface area contributed by atoms with Gasteiger partial charge in [-0.05, 0) is 70.6 Å². The molecule has 2 nitrogen and oxygen atoms in total. The summed E-state index contributed by atoms with van der Waals surface area (Å²) < 4.78 is 0. The molecule has 1 aliphatic rings. The van der Waals surface area contributed by atoms with E-state index in [1.807, 2.05) is 12.1 Å². The summed E-state index contributed by atoms with van der Waals surface area (Å²) in [6, 6.07) is 6.44. The van der Waals surface area contributed by atoms with Crippen molar-refractivity contribution in [2.45, 2.75) is 59.5 Å². The average molecular weight is 273 g/mol. The lowest BCUT2D eigenvalue weighted by Crippen LogP contribution is -2.44. The fraction of sp³-hybridized carbons (Fsp3) is 0.611. The Bertz CT molecular complexity index is 488. The van der Waals surface area contributed by atoms with Gasteiger partial charge in [0.25, 0.3) is 0 Å². The normalized spacial score (nSPS) is 16.8. The van der Waals surface area contributed by atoms with E-state index in [1.165, 1.54) is 24.0 Å². The average Bonchev–Trinajstić information content (AvgIpc) is 3.21. The van der Waals surface area contributed by atoms with Crippen molar-refractivity contribution >= 4 is 5.78 Å². The summed E-state index contributed by atoms with van der Waals surface area (Å²) in [5.74, 6) is 1.06. The number of rotatable bonds is 6. The second-order valence-corrected chi connectivity index (χ2v) is 6.57. The van der Waals surface area contributed by atoms with Crippen LogP contribution in [0.2, 0.25) is 0 Å². The highest BCUT2D eigenvalue weighted by Gasteiger charge is 2.31. The summed E-state index contributed by atoms with van der Waals surface area (Å²) in [6.45, 7) is 11.6. The Labute approximate surface area is 123 Å². The van der Waals surface area contributed by atoms with Gasteiger partial charge in [0, 0.05) is 18.2 Å². The van der Waals surface area contributed by atoms with Crippen molar-refractivity contribution in [3.8, 4) is 0 Å². The lowest BCUT2D eigenvalue weighted by molar-refractivity contribution is 0.0778. The zero-order chi connectivity index (χ0) is 14.9. The molecule has 1 fully saturated rings. The SMILES string of the molecule is Cc1ccc(C(=O)C(C)N(CC2CC2)C(C)C)cc1C. The molecule has 110 valence electrons. The molecular formula is C18H27NO. The third kappa shape index (κ3) is 3.49. The molecule has 20 heavy (non-hydrogen) atoms. The smallest absolute Gasteiger partial charge is 0.179 e. The lowest BCUT2D eigenvalue weighted by Gasteiger charge is -2.32. The van der Waals surface area contributed by atoms with Gasteiger partial charge in [-0.25, -0.2) is 0 Å². The van der Waals surface area contributed by atoms with Gasteiger partial charge in [0.05, 0.1) is 6.04 Å². The fourth-order valence-electron chi connectivity index (χ4n) is 2.70. The summed E-state index contributed by atoms with van der Waals surface area (Å²) in [7, 11) is 0. The van der Waals surface area contributed by atoms with Crippen LogP contribution in [-0.2, 0) is 0 Å². The van der Waals surface area contributed by atoms with Gasteiger partial charge >= 0.3 is 0 Å². The number of aryl methyl sites for hydroxylation is 2. The highest BCUT2D eigenvalue weighted by molar-refractivity contribution is 6.00. The van der Waals surface area contributed by atoms with Crippen LogP contribution in [-0.4, -0.2) is 29.3 Å². The van der Waals surface area contributed by atoms with Crippen molar-refractivity contribution in [2.24, 2.45) is 5.92 Å². The molecule has 2 heteroatoms. The van der Waals surface area contributed by atoms with Crippen molar-refractivity contribution < 1.29 is 4.79 Å². The van der Waals surface area contributed by atoms with Crippen molar-refractivity contribution in [3.63, 3.8) is 0 Å². The minimum atomic E-state index is -0.0299. The van der Waals surface area contributed by atoms with Gasteiger partial charge in [-0.15, -0.1) is 0 Å². The maximum atomic E-state index is 12.7. The molecular weight excluding hydrogens is 246 g/mol. The molecule has 1 saturated carbocycles. The number of hydrogen-bond donors (Lipinski definition) is 0. The molecule has 0 aliphatic heterocycles. The van der Waals surface area contributed by atoms with Crippen molar-refractivity contribution in [3.05, 3.63) is 34.9 Å². The third-order valence-electron chi connectivity index (χ3n) is 4.50. The first kappa shape index (κ1) is 15.2. The van der Waals surface area contributed by atoms with Crippen LogP contribution in [0.3, 0.4) is 0 Å². The molecule has 2 rings (SSSR count). The minimum absolute atomic E-state index is 0.0299. The number of hydrogen-bond acceptors (Lipinski definition) is 2. The highest BCUT2D eigenvalue weighted by atomic mass is 16.1. The standard InChI is InChI=1S/C18H27NO/c1-12(2)19(11-16-7-8-16)15(5)18(20)17-9-6-13(3)14(4)10-17/h6,9-10,12,15-16H,7-8,11H2,1-5H3. The van der Waals surface area contributed by atoms with Crippen LogP contribution in [0.25, 0.3) is 0 Å². The molecule has 1 atom stereocenters. The Hall–Kier alpha value is -1.15. The molecule has 1 aromatic rings. The molecule has 0 N–H and O–H groups in total. The number of carbonyl (C=O) groups excluding carboxylic acids is 1. The topological polar surface area (TPSA) is 20.3 Å². The van der Waals surface area contributed by atoms with Crippen LogP contribution in [0.1, 0.15) is 55.1 Å². The van der Waals surface area contributed by atoms with Gasteiger partial charge in [-0.1, -0.05) is 12.1 Å². The van der Waals surface area contributed by atoms with E-state index in [-0.39, 0.29) is 11.8 Å². The Kier molecular flexibility index (Phi) is 4.64. The highest BCUT2D eigenvalue weighted by Crippen LogP contribution is 2.31. The third-order valence-corrected chi connectivity index (χ3v) is 4.50. The lowest BCUT2D eigenvalue weighted by atomic mass is 9.99. The predicted molar refractivity (Wildman–Crippen MR) is 84.3 cm³/mol. The molecule has 0 aromatic heterocycles. The molecule has 0 bridgehead atoms. The molecule has 1 unspecified atom stereocenters. The van der Waals surface area contributed by atoms with Crippen LogP contribution in [0.5, 0.6) is 0 Å². The Morgan fingerprint density at radius 1 is 1.20 bits per heavy atom. The zero-order valence-corrected chi connectivity index (χ0v) is 13.4. The largest absolute Gasteiger partial charge is 0.292 e. The summed E-state index contributed by atoms with van der Waals surface area (Å²) in [6.07, 6.45) is 2.65. The van der Waals surface area contributed by atoms with Crippen molar-refractivity contribution in [1.29, 1.82) is 0 Å². The Morgan fingerprint density at radius 3 is 2.35 bits per heavy atom. The molecule has 0 saturated heterocycles.